The predicted octanol–water partition coefficient (Wildman–Crippen LogP) is 2.10. The first kappa shape index (κ1) is 15.4. The van der Waals surface area contributed by atoms with Crippen molar-refractivity contribution in [1.29, 1.82) is 0 Å². The average molecular weight is 292 g/mol. The number of nitro benzene ring substituents is 1. The molecule has 0 aromatic heterocycles. The molecule has 2 rings (SSSR count). The normalized spacial score (nSPS) is 16.7. The molecule has 1 aromatic carbocycles. The van der Waals surface area contributed by atoms with E-state index in [2.05, 4.69) is 15.4 Å². The van der Waals surface area contributed by atoms with Crippen LogP contribution in [0.4, 0.5) is 11.4 Å². The average Bonchev–Trinajstić information content (AvgIpc) is 2.52. The summed E-state index contributed by atoms with van der Waals surface area (Å²) in [6.07, 6.45) is 0.889. The highest BCUT2D eigenvalue weighted by Crippen LogP contribution is 2.15. The zero-order chi connectivity index (χ0) is 15.1. The summed E-state index contributed by atoms with van der Waals surface area (Å²) in [5.74, 6) is 0. The molecule has 1 aromatic rings. The maximum Gasteiger partial charge on any atom is 0.269 e. The maximum atomic E-state index is 10.6. The Labute approximate surface area is 123 Å². The van der Waals surface area contributed by atoms with Crippen LogP contribution in [0.3, 0.4) is 0 Å². The van der Waals surface area contributed by atoms with Crippen LogP contribution in [-0.4, -0.2) is 48.4 Å². The van der Waals surface area contributed by atoms with E-state index >= 15 is 0 Å². The number of hydrogen-bond acceptors (Lipinski definition) is 6. The summed E-state index contributed by atoms with van der Waals surface area (Å²) in [5, 5.41) is 14.9. The highest BCUT2D eigenvalue weighted by atomic mass is 16.6. The molecule has 1 aliphatic heterocycles. The molecule has 1 fully saturated rings. The highest BCUT2D eigenvalue weighted by molar-refractivity contribution is 5.82. The summed E-state index contributed by atoms with van der Waals surface area (Å²) in [6, 6.07) is 6.22. The second-order valence-corrected chi connectivity index (χ2v) is 4.97. The van der Waals surface area contributed by atoms with Gasteiger partial charge in [0.25, 0.3) is 5.69 Å². The van der Waals surface area contributed by atoms with Gasteiger partial charge < -0.3 is 4.74 Å². The Balaban J connectivity index is 1.78. The van der Waals surface area contributed by atoms with Gasteiger partial charge in [-0.3, -0.25) is 20.4 Å². The van der Waals surface area contributed by atoms with Gasteiger partial charge >= 0.3 is 0 Å². The number of hydrogen-bond donors (Lipinski definition) is 1. The molecule has 1 saturated heterocycles. The van der Waals surface area contributed by atoms with E-state index in [1.807, 2.05) is 6.92 Å². The van der Waals surface area contributed by atoms with Gasteiger partial charge in [0.1, 0.15) is 0 Å². The fraction of sp³-hybridized carbons (Fsp3) is 0.500. The zero-order valence-electron chi connectivity index (χ0n) is 12.1. The largest absolute Gasteiger partial charge is 0.379 e. The van der Waals surface area contributed by atoms with Crippen molar-refractivity contribution in [2.45, 2.75) is 13.3 Å². The first-order valence-electron chi connectivity index (χ1n) is 6.99. The fourth-order valence-electron chi connectivity index (χ4n) is 2.02. The van der Waals surface area contributed by atoms with Gasteiger partial charge in [0, 0.05) is 37.5 Å². The first-order valence-corrected chi connectivity index (χ1v) is 6.99. The number of morpholine rings is 1. The van der Waals surface area contributed by atoms with E-state index in [1.165, 1.54) is 12.1 Å². The van der Waals surface area contributed by atoms with Crippen molar-refractivity contribution in [3.8, 4) is 0 Å². The fourth-order valence-corrected chi connectivity index (χ4v) is 2.02. The number of hydrazone groups is 1. The minimum Gasteiger partial charge on any atom is -0.379 e. The SMILES string of the molecule is C/C(CCN1CCOCC1)=N\Nc1ccc([N+](=O)[O-])cc1. The van der Waals surface area contributed by atoms with Crippen molar-refractivity contribution in [3.63, 3.8) is 0 Å². The second-order valence-electron chi connectivity index (χ2n) is 4.97. The van der Waals surface area contributed by atoms with Gasteiger partial charge in [-0.25, -0.2) is 0 Å². The third kappa shape index (κ3) is 5.13. The summed E-state index contributed by atoms with van der Waals surface area (Å²) in [5.41, 5.74) is 4.74. The Hall–Kier alpha value is -1.99. The zero-order valence-corrected chi connectivity index (χ0v) is 12.1. The Morgan fingerprint density at radius 1 is 1.38 bits per heavy atom. The third-order valence-electron chi connectivity index (χ3n) is 3.35. The monoisotopic (exact) mass is 292 g/mol. The Morgan fingerprint density at radius 2 is 2.05 bits per heavy atom. The minimum atomic E-state index is -0.416. The summed E-state index contributed by atoms with van der Waals surface area (Å²) < 4.78 is 5.31. The molecule has 0 unspecified atom stereocenters. The smallest absolute Gasteiger partial charge is 0.269 e. The molecule has 0 amide bonds. The maximum absolute atomic E-state index is 10.6. The van der Waals surface area contributed by atoms with Gasteiger partial charge in [-0.05, 0) is 25.5 Å². The molecule has 0 saturated carbocycles. The number of nitro groups is 1. The van der Waals surface area contributed by atoms with Crippen molar-refractivity contribution >= 4 is 17.1 Å². The lowest BCUT2D eigenvalue weighted by molar-refractivity contribution is -0.384. The van der Waals surface area contributed by atoms with Gasteiger partial charge in [0.05, 0.1) is 23.8 Å². The van der Waals surface area contributed by atoms with Crippen LogP contribution in [0.1, 0.15) is 13.3 Å². The van der Waals surface area contributed by atoms with E-state index in [0.717, 1.165) is 50.7 Å². The summed E-state index contributed by atoms with van der Waals surface area (Å²) >= 11 is 0. The number of nitrogens with zero attached hydrogens (tertiary/aromatic N) is 3. The quantitative estimate of drug-likeness (QED) is 0.493. The lowest BCUT2D eigenvalue weighted by atomic mass is 10.2. The predicted molar refractivity (Wildman–Crippen MR) is 81.7 cm³/mol. The molecule has 1 N–H and O–H groups in total. The lowest BCUT2D eigenvalue weighted by Gasteiger charge is -2.26. The number of nitrogens with one attached hydrogen (secondary N) is 1. The first-order chi connectivity index (χ1) is 10.1. The Morgan fingerprint density at radius 3 is 2.67 bits per heavy atom. The minimum absolute atomic E-state index is 0.0774. The molecular weight excluding hydrogens is 272 g/mol. The van der Waals surface area contributed by atoms with Gasteiger partial charge in [-0.15, -0.1) is 0 Å². The summed E-state index contributed by atoms with van der Waals surface area (Å²) in [4.78, 5) is 12.5. The molecule has 7 nitrogen and oxygen atoms in total. The molecule has 0 bridgehead atoms. The van der Waals surface area contributed by atoms with E-state index in [-0.39, 0.29) is 5.69 Å². The molecule has 0 atom stereocenters. The number of benzene rings is 1. The van der Waals surface area contributed by atoms with Gasteiger partial charge in [0.15, 0.2) is 0 Å². The van der Waals surface area contributed by atoms with Crippen molar-refractivity contribution in [2.24, 2.45) is 5.10 Å². The standard InChI is InChI=1S/C14H20N4O3/c1-12(6-7-17-8-10-21-11-9-17)15-16-13-2-4-14(5-3-13)18(19)20/h2-5,16H,6-11H2,1H3/b15-12+. The molecular formula is C14H20N4O3. The molecule has 1 aliphatic rings. The van der Waals surface area contributed by atoms with Crippen LogP contribution in [0, 0.1) is 10.1 Å². The molecule has 0 spiro atoms. The molecule has 114 valence electrons. The lowest BCUT2D eigenvalue weighted by Crippen LogP contribution is -2.37. The molecule has 21 heavy (non-hydrogen) atoms. The highest BCUT2D eigenvalue weighted by Gasteiger charge is 2.09. The second kappa shape index (κ2) is 7.70. The van der Waals surface area contributed by atoms with Crippen molar-refractivity contribution in [3.05, 3.63) is 34.4 Å². The van der Waals surface area contributed by atoms with E-state index in [9.17, 15) is 10.1 Å². The van der Waals surface area contributed by atoms with Gasteiger partial charge in [-0.1, -0.05) is 0 Å². The Bertz CT molecular complexity index is 495. The molecule has 1 heterocycles. The van der Waals surface area contributed by atoms with Crippen molar-refractivity contribution in [2.75, 3.05) is 38.3 Å². The van der Waals surface area contributed by atoms with E-state index in [1.54, 1.807) is 12.1 Å². The Kier molecular flexibility index (Phi) is 5.65. The van der Waals surface area contributed by atoms with Crippen LogP contribution < -0.4 is 5.43 Å². The molecule has 0 radical (unpaired) electrons. The number of anilines is 1. The summed E-state index contributed by atoms with van der Waals surface area (Å²) in [6.45, 7) is 6.50. The molecule has 0 aliphatic carbocycles. The topological polar surface area (TPSA) is 80.0 Å². The molecule has 7 heteroatoms. The van der Waals surface area contributed by atoms with Crippen LogP contribution in [0.15, 0.2) is 29.4 Å². The van der Waals surface area contributed by atoms with Crippen LogP contribution >= 0.6 is 0 Å². The van der Waals surface area contributed by atoms with Crippen LogP contribution in [0.25, 0.3) is 0 Å². The third-order valence-corrected chi connectivity index (χ3v) is 3.35. The van der Waals surface area contributed by atoms with Gasteiger partial charge in [-0.2, -0.15) is 5.10 Å². The number of non-ortho nitro benzene ring substituents is 1. The van der Waals surface area contributed by atoms with E-state index in [0.29, 0.717) is 0 Å². The van der Waals surface area contributed by atoms with Crippen LogP contribution in [-0.2, 0) is 4.74 Å². The van der Waals surface area contributed by atoms with Crippen LogP contribution in [0.5, 0.6) is 0 Å². The van der Waals surface area contributed by atoms with E-state index in [4.69, 9.17) is 4.74 Å². The van der Waals surface area contributed by atoms with Crippen molar-refractivity contribution < 1.29 is 9.66 Å². The van der Waals surface area contributed by atoms with Crippen molar-refractivity contribution in [1.82, 2.24) is 4.90 Å². The summed E-state index contributed by atoms with van der Waals surface area (Å²) in [7, 11) is 0. The number of ether oxygens (including phenoxy) is 1. The van der Waals surface area contributed by atoms with Gasteiger partial charge in [0.2, 0.25) is 0 Å². The number of rotatable bonds is 6. The van der Waals surface area contributed by atoms with Crippen LogP contribution in [0.2, 0.25) is 0 Å². The van der Waals surface area contributed by atoms with E-state index < -0.39 is 4.92 Å².